The van der Waals surface area contributed by atoms with Crippen LogP contribution in [-0.4, -0.2) is 5.11 Å². The normalized spacial score (nSPS) is 12.1. The van der Waals surface area contributed by atoms with Crippen molar-refractivity contribution in [2.75, 3.05) is 0 Å². The van der Waals surface area contributed by atoms with Crippen molar-refractivity contribution in [3.63, 3.8) is 0 Å². The highest BCUT2D eigenvalue weighted by Gasteiger charge is 2.15. The average Bonchev–Trinajstić information content (AvgIpc) is 2.85. The molecule has 0 aliphatic carbocycles. The number of pyridine rings is 1. The third-order valence-electron chi connectivity index (χ3n) is 3.21. The fraction of sp³-hybridized carbons (Fsp3) is 0.188. The van der Waals surface area contributed by atoms with Crippen LogP contribution >= 0.6 is 11.3 Å². The summed E-state index contributed by atoms with van der Waals surface area (Å²) in [5.74, 6) is 0. The van der Waals surface area contributed by atoms with E-state index >= 15 is 0 Å². The molecule has 1 aromatic carbocycles. The molecule has 2 heterocycles. The minimum atomic E-state index is -0.454. The van der Waals surface area contributed by atoms with Crippen molar-refractivity contribution < 1.29 is 26.7 Å². The molecular weight excluding hydrogens is 334 g/mol. The Morgan fingerprint density at radius 1 is 1.15 bits per heavy atom. The molecule has 4 heteroatoms. The Kier molecular flexibility index (Phi) is 4.91. The first-order chi connectivity index (χ1) is 9.22. The average molecular weight is 350 g/mol. The van der Waals surface area contributed by atoms with E-state index < -0.39 is 6.10 Å². The van der Waals surface area contributed by atoms with Crippen molar-refractivity contribution in [1.29, 1.82) is 0 Å². The van der Waals surface area contributed by atoms with E-state index in [4.69, 9.17) is 0 Å². The highest BCUT2D eigenvalue weighted by atomic mass is 79.9. The van der Waals surface area contributed by atoms with E-state index in [1.807, 2.05) is 29.1 Å². The predicted molar refractivity (Wildman–Crippen MR) is 78.2 cm³/mol. The van der Waals surface area contributed by atoms with E-state index in [0.29, 0.717) is 6.54 Å². The molecule has 3 rings (SSSR count). The van der Waals surface area contributed by atoms with Crippen molar-refractivity contribution in [2.24, 2.45) is 0 Å². The van der Waals surface area contributed by atoms with Gasteiger partial charge in [0.05, 0.1) is 0 Å². The van der Waals surface area contributed by atoms with Gasteiger partial charge in [-0.25, -0.2) is 4.57 Å². The summed E-state index contributed by atoms with van der Waals surface area (Å²) in [5, 5.41) is 11.5. The van der Waals surface area contributed by atoms with Crippen LogP contribution in [0.4, 0.5) is 0 Å². The van der Waals surface area contributed by atoms with Gasteiger partial charge in [0.2, 0.25) is 0 Å². The molecule has 104 valence electrons. The third kappa shape index (κ3) is 3.26. The zero-order valence-electron chi connectivity index (χ0n) is 11.2. The highest BCUT2D eigenvalue weighted by Crippen LogP contribution is 2.29. The fourth-order valence-electron chi connectivity index (χ4n) is 2.11. The first-order valence-electron chi connectivity index (χ1n) is 6.34. The molecule has 0 bridgehead atoms. The van der Waals surface area contributed by atoms with Gasteiger partial charge in [-0.15, -0.1) is 11.3 Å². The molecule has 1 N–H and O–H groups in total. The number of benzene rings is 1. The van der Waals surface area contributed by atoms with Gasteiger partial charge in [-0.2, -0.15) is 0 Å². The van der Waals surface area contributed by atoms with Crippen molar-refractivity contribution in [1.82, 2.24) is 0 Å². The molecule has 2 nitrogen and oxygen atoms in total. The van der Waals surface area contributed by atoms with Crippen LogP contribution in [0.15, 0.2) is 54.9 Å². The Morgan fingerprint density at radius 2 is 1.85 bits per heavy atom. The van der Waals surface area contributed by atoms with Crippen LogP contribution in [0.3, 0.4) is 0 Å². The minimum absolute atomic E-state index is 0. The first-order valence-corrected chi connectivity index (χ1v) is 7.16. The smallest absolute Gasteiger partial charge is 0.179 e. The van der Waals surface area contributed by atoms with Crippen molar-refractivity contribution in [3.8, 4) is 0 Å². The molecule has 0 aliphatic heterocycles. The van der Waals surface area contributed by atoms with Crippen LogP contribution in [-0.2, 0) is 6.54 Å². The van der Waals surface area contributed by atoms with E-state index in [2.05, 4.69) is 37.3 Å². The summed E-state index contributed by atoms with van der Waals surface area (Å²) < 4.78 is 3.24. The second-order valence-electron chi connectivity index (χ2n) is 4.77. The Labute approximate surface area is 133 Å². The van der Waals surface area contributed by atoms with Gasteiger partial charge in [-0.1, -0.05) is 18.2 Å². The second kappa shape index (κ2) is 6.48. The van der Waals surface area contributed by atoms with E-state index in [1.54, 1.807) is 11.3 Å². The summed E-state index contributed by atoms with van der Waals surface area (Å²) in [4.78, 5) is 1.02. The number of fused-ring (bicyclic) bond motifs is 1. The molecule has 0 spiro atoms. The summed E-state index contributed by atoms with van der Waals surface area (Å²) in [5.41, 5.74) is 1.23. The number of thiophene rings is 1. The van der Waals surface area contributed by atoms with Crippen LogP contribution in [0.25, 0.3) is 10.1 Å². The van der Waals surface area contributed by atoms with Gasteiger partial charge in [-0.05, 0) is 30.0 Å². The second-order valence-corrected chi connectivity index (χ2v) is 5.89. The number of nitrogens with zero attached hydrogens (tertiary/aromatic N) is 1. The monoisotopic (exact) mass is 349 g/mol. The van der Waals surface area contributed by atoms with Gasteiger partial charge in [0, 0.05) is 21.7 Å². The van der Waals surface area contributed by atoms with Crippen molar-refractivity contribution in [2.45, 2.75) is 19.6 Å². The fourth-order valence-corrected chi connectivity index (χ4v) is 3.15. The van der Waals surface area contributed by atoms with Gasteiger partial charge in [-0.3, -0.25) is 0 Å². The standard InChI is InChI=1S/C16H16NOS.BrH/c1-12-6-8-17(9-7-12)11-14(18)16-10-13-4-2-3-5-15(13)19-16;/h2-10,14,18H,11H2,1H3;1H/q+1;/p-1. The van der Waals surface area contributed by atoms with Crippen LogP contribution < -0.4 is 21.5 Å². The maximum atomic E-state index is 10.3. The molecule has 0 saturated carbocycles. The van der Waals surface area contributed by atoms with Crippen LogP contribution in [0, 0.1) is 6.92 Å². The number of halogens is 1. The molecule has 1 atom stereocenters. The number of aryl methyl sites for hydroxylation is 1. The number of aromatic nitrogens is 1. The van der Waals surface area contributed by atoms with Crippen molar-refractivity contribution >= 4 is 21.4 Å². The SMILES string of the molecule is Cc1cc[n+](CC(O)c2cc3ccccc3s2)cc1.[Br-]. The van der Waals surface area contributed by atoms with Gasteiger partial charge in [0.25, 0.3) is 0 Å². The Bertz CT molecular complexity index is 660. The number of rotatable bonds is 3. The number of hydrogen-bond acceptors (Lipinski definition) is 2. The molecule has 20 heavy (non-hydrogen) atoms. The lowest BCUT2D eigenvalue weighted by atomic mass is 10.2. The van der Waals surface area contributed by atoms with Crippen LogP contribution in [0.1, 0.15) is 16.5 Å². The first kappa shape index (κ1) is 15.2. The number of hydrogen-bond donors (Lipinski definition) is 1. The molecule has 3 aromatic rings. The highest BCUT2D eigenvalue weighted by molar-refractivity contribution is 7.19. The molecule has 0 amide bonds. The van der Waals surface area contributed by atoms with E-state index in [-0.39, 0.29) is 17.0 Å². The van der Waals surface area contributed by atoms with E-state index in [9.17, 15) is 5.11 Å². The summed E-state index contributed by atoms with van der Waals surface area (Å²) in [7, 11) is 0. The number of aliphatic hydroxyl groups excluding tert-OH is 1. The summed E-state index contributed by atoms with van der Waals surface area (Å²) >= 11 is 1.66. The molecule has 0 fully saturated rings. The predicted octanol–water partition coefficient (Wildman–Crippen LogP) is 0.235. The lowest BCUT2D eigenvalue weighted by Crippen LogP contribution is -3.00. The van der Waals surface area contributed by atoms with E-state index in [1.165, 1.54) is 15.6 Å². The zero-order valence-corrected chi connectivity index (χ0v) is 13.6. The summed E-state index contributed by atoms with van der Waals surface area (Å²) in [6.07, 6.45) is 3.56. The molecule has 0 saturated heterocycles. The summed E-state index contributed by atoms with van der Waals surface area (Å²) in [6, 6.07) is 14.4. The van der Waals surface area contributed by atoms with Crippen LogP contribution in [0.5, 0.6) is 0 Å². The van der Waals surface area contributed by atoms with Gasteiger partial charge in [0.15, 0.2) is 18.9 Å². The van der Waals surface area contributed by atoms with Gasteiger partial charge in [0.1, 0.15) is 6.10 Å². The Hall–Kier alpha value is -1.23. The summed E-state index contributed by atoms with van der Waals surface area (Å²) in [6.45, 7) is 2.65. The lowest BCUT2D eigenvalue weighted by Gasteiger charge is -2.04. The Balaban J connectivity index is 0.00000147. The molecule has 0 radical (unpaired) electrons. The lowest BCUT2D eigenvalue weighted by molar-refractivity contribution is -0.704. The molecule has 2 aromatic heterocycles. The number of aliphatic hydroxyl groups is 1. The Morgan fingerprint density at radius 3 is 2.55 bits per heavy atom. The third-order valence-corrected chi connectivity index (χ3v) is 4.43. The minimum Gasteiger partial charge on any atom is -1.00 e. The molecule has 1 unspecified atom stereocenters. The van der Waals surface area contributed by atoms with E-state index in [0.717, 1.165) is 4.88 Å². The quantitative estimate of drug-likeness (QED) is 0.673. The maximum absolute atomic E-state index is 10.3. The van der Waals surface area contributed by atoms with Gasteiger partial charge < -0.3 is 22.1 Å². The topological polar surface area (TPSA) is 24.1 Å². The molecular formula is C16H16BrNOS. The largest absolute Gasteiger partial charge is 1.00 e. The van der Waals surface area contributed by atoms with Crippen LogP contribution in [0.2, 0.25) is 0 Å². The van der Waals surface area contributed by atoms with Gasteiger partial charge >= 0.3 is 0 Å². The molecule has 0 aliphatic rings. The maximum Gasteiger partial charge on any atom is 0.179 e. The zero-order chi connectivity index (χ0) is 13.2. The van der Waals surface area contributed by atoms with Crippen molar-refractivity contribution in [3.05, 3.63) is 65.3 Å².